The molecule has 2 aromatic rings. The Morgan fingerprint density at radius 2 is 2.00 bits per heavy atom. The molecule has 10 heteroatoms. The molecule has 0 atom stereocenters. The topological polar surface area (TPSA) is 91.9 Å². The number of nitrogens with zero attached hydrogens (tertiary/aromatic N) is 3. The van der Waals surface area contributed by atoms with Gasteiger partial charge in [-0.25, -0.2) is 0 Å². The Kier molecular flexibility index (Phi) is 6.27. The molecule has 3 rings (SSSR count). The summed E-state index contributed by atoms with van der Waals surface area (Å²) in [6.07, 6.45) is 4.41. The van der Waals surface area contributed by atoms with Crippen LogP contribution in [0.4, 0.5) is 11.4 Å². The van der Waals surface area contributed by atoms with E-state index in [0.717, 1.165) is 0 Å². The summed E-state index contributed by atoms with van der Waals surface area (Å²) in [6, 6.07) is 8.08. The van der Waals surface area contributed by atoms with Crippen LogP contribution in [0.5, 0.6) is 0 Å². The Morgan fingerprint density at radius 3 is 2.64 bits per heavy atom. The van der Waals surface area contributed by atoms with E-state index in [0.29, 0.717) is 47.8 Å². The molecule has 1 aromatic heterocycles. The van der Waals surface area contributed by atoms with Crippen LogP contribution in [0, 0.1) is 10.1 Å². The largest absolute Gasteiger partial charge is 0.465 e. The number of piperazine rings is 1. The fraction of sp³-hybridized carbons (Fsp3) is 0.222. The molecule has 0 radical (unpaired) electrons. The Hall–Kier alpha value is -2.91. The van der Waals surface area contributed by atoms with Crippen molar-refractivity contribution in [2.75, 3.05) is 31.1 Å². The van der Waals surface area contributed by atoms with Crippen molar-refractivity contribution in [3.8, 4) is 0 Å². The van der Waals surface area contributed by atoms with Crippen LogP contribution < -0.4 is 10.2 Å². The van der Waals surface area contributed by atoms with Gasteiger partial charge in [-0.15, -0.1) is 0 Å². The number of halogens is 1. The average Bonchev–Trinajstić information content (AvgIpc) is 3.20. The Bertz CT molecular complexity index is 908. The molecule has 1 aromatic carbocycles. The second kappa shape index (κ2) is 8.85. The van der Waals surface area contributed by atoms with Gasteiger partial charge in [0.05, 0.1) is 16.2 Å². The summed E-state index contributed by atoms with van der Waals surface area (Å²) in [5, 5.41) is 14.6. The highest BCUT2D eigenvalue weighted by atomic mass is 35.5. The first-order valence-corrected chi connectivity index (χ1v) is 9.23. The molecule has 146 valence electrons. The zero-order chi connectivity index (χ0) is 20.1. The summed E-state index contributed by atoms with van der Waals surface area (Å²) in [5.74, 6) is 0.210. The summed E-state index contributed by atoms with van der Waals surface area (Å²) in [4.78, 5) is 26.5. The lowest BCUT2D eigenvalue weighted by Gasteiger charge is -2.37. The van der Waals surface area contributed by atoms with Gasteiger partial charge in [0.15, 0.2) is 5.11 Å². The molecule has 0 spiro atoms. The number of benzene rings is 1. The summed E-state index contributed by atoms with van der Waals surface area (Å²) in [6.45, 7) is 1.98. The molecule has 1 fully saturated rings. The molecule has 1 aliphatic rings. The number of para-hydroxylation sites is 1. The molecular weight excluding hydrogens is 404 g/mol. The molecular formula is C18H17ClN4O4S. The number of nitro benzene ring substituents is 1. The van der Waals surface area contributed by atoms with Crippen LogP contribution in [-0.4, -0.2) is 47.0 Å². The first kappa shape index (κ1) is 19.8. The van der Waals surface area contributed by atoms with Crippen molar-refractivity contribution in [2.45, 2.75) is 0 Å². The van der Waals surface area contributed by atoms with E-state index in [1.54, 1.807) is 30.3 Å². The third-order valence-corrected chi connectivity index (χ3v) is 4.88. The number of hydrogen-bond acceptors (Lipinski definition) is 6. The highest BCUT2D eigenvalue weighted by Gasteiger charge is 2.27. The molecule has 0 saturated carbocycles. The number of hydrogen-bond donors (Lipinski definition) is 1. The lowest BCUT2D eigenvalue weighted by atomic mass is 10.2. The smallest absolute Gasteiger partial charge is 0.294 e. The van der Waals surface area contributed by atoms with Crippen LogP contribution in [0.1, 0.15) is 5.76 Å². The fourth-order valence-electron chi connectivity index (χ4n) is 2.87. The van der Waals surface area contributed by atoms with Gasteiger partial charge in [-0.05, 0) is 36.5 Å². The Balaban J connectivity index is 1.57. The molecule has 0 bridgehead atoms. The summed E-state index contributed by atoms with van der Waals surface area (Å²) >= 11 is 11.5. The third-order valence-electron chi connectivity index (χ3n) is 4.22. The molecule has 1 N–H and O–H groups in total. The first-order chi connectivity index (χ1) is 13.5. The molecule has 0 aliphatic carbocycles. The number of thiocarbonyl (C=S) groups is 1. The van der Waals surface area contributed by atoms with Crippen molar-refractivity contribution in [1.82, 2.24) is 10.2 Å². The maximum atomic E-state index is 12.0. The molecule has 1 amide bonds. The molecule has 1 aliphatic heterocycles. The maximum absolute atomic E-state index is 12.0. The van der Waals surface area contributed by atoms with Gasteiger partial charge in [0.2, 0.25) is 5.91 Å². The van der Waals surface area contributed by atoms with Gasteiger partial charge in [0.1, 0.15) is 11.4 Å². The van der Waals surface area contributed by atoms with Crippen LogP contribution in [0.15, 0.2) is 47.1 Å². The average molecular weight is 421 g/mol. The van der Waals surface area contributed by atoms with E-state index in [9.17, 15) is 14.9 Å². The summed E-state index contributed by atoms with van der Waals surface area (Å²) in [5.41, 5.74) is 0.380. The standard InChI is InChI=1S/C18H17ClN4O4S/c19-14-4-1-5-15(23(25)26)17(14)21-8-10-22(11-9-21)18(28)20-16(24)7-6-13-3-2-12-27-13/h1-7,12H,8-11H2,(H,20,24,28)/b7-6+. The van der Waals surface area contributed by atoms with E-state index in [1.807, 2.05) is 9.80 Å². The Labute approximate surface area is 171 Å². The Morgan fingerprint density at radius 1 is 1.25 bits per heavy atom. The first-order valence-electron chi connectivity index (χ1n) is 8.45. The predicted molar refractivity (Wildman–Crippen MR) is 110 cm³/mol. The van der Waals surface area contributed by atoms with Crippen molar-refractivity contribution in [2.24, 2.45) is 0 Å². The monoisotopic (exact) mass is 420 g/mol. The van der Waals surface area contributed by atoms with Crippen molar-refractivity contribution < 1.29 is 14.1 Å². The minimum absolute atomic E-state index is 0.0279. The van der Waals surface area contributed by atoms with Crippen LogP contribution >= 0.6 is 23.8 Å². The van der Waals surface area contributed by atoms with Gasteiger partial charge in [-0.2, -0.15) is 0 Å². The number of rotatable bonds is 4. The van der Waals surface area contributed by atoms with Gasteiger partial charge in [0.25, 0.3) is 5.69 Å². The highest BCUT2D eigenvalue weighted by Crippen LogP contribution is 2.35. The zero-order valence-corrected chi connectivity index (χ0v) is 16.3. The van der Waals surface area contributed by atoms with E-state index >= 15 is 0 Å². The molecule has 28 heavy (non-hydrogen) atoms. The third kappa shape index (κ3) is 4.68. The van der Waals surface area contributed by atoms with E-state index < -0.39 is 4.92 Å². The normalized spacial score (nSPS) is 14.3. The van der Waals surface area contributed by atoms with E-state index in [4.69, 9.17) is 28.2 Å². The summed E-state index contributed by atoms with van der Waals surface area (Å²) < 4.78 is 5.12. The quantitative estimate of drug-likeness (QED) is 0.351. The SMILES string of the molecule is O=C(/C=C/c1ccco1)NC(=S)N1CCN(c2c(Cl)cccc2[N+](=O)[O-])CC1. The minimum Gasteiger partial charge on any atom is -0.465 e. The van der Waals surface area contributed by atoms with Crippen LogP contribution in [0.3, 0.4) is 0 Å². The van der Waals surface area contributed by atoms with Gasteiger partial charge in [0, 0.05) is 38.3 Å². The number of carbonyl (C=O) groups is 1. The lowest BCUT2D eigenvalue weighted by Crippen LogP contribution is -2.52. The second-order valence-electron chi connectivity index (χ2n) is 5.98. The maximum Gasteiger partial charge on any atom is 0.294 e. The van der Waals surface area contributed by atoms with Crippen LogP contribution in [0.2, 0.25) is 5.02 Å². The molecule has 8 nitrogen and oxygen atoms in total. The highest BCUT2D eigenvalue weighted by molar-refractivity contribution is 7.80. The molecule has 1 saturated heterocycles. The van der Waals surface area contributed by atoms with Gasteiger partial charge in [-0.3, -0.25) is 20.2 Å². The number of nitro groups is 1. The summed E-state index contributed by atoms with van der Waals surface area (Å²) in [7, 11) is 0. The van der Waals surface area contributed by atoms with E-state index in [1.165, 1.54) is 18.4 Å². The van der Waals surface area contributed by atoms with Gasteiger partial charge >= 0.3 is 0 Å². The number of nitrogens with one attached hydrogen (secondary N) is 1. The van der Waals surface area contributed by atoms with Crippen molar-refractivity contribution in [3.05, 3.63) is 63.6 Å². The van der Waals surface area contributed by atoms with Crippen molar-refractivity contribution >= 4 is 52.3 Å². The minimum atomic E-state index is -0.441. The van der Waals surface area contributed by atoms with Crippen molar-refractivity contribution in [1.29, 1.82) is 0 Å². The van der Waals surface area contributed by atoms with E-state index in [-0.39, 0.29) is 11.6 Å². The van der Waals surface area contributed by atoms with Crippen LogP contribution in [-0.2, 0) is 4.79 Å². The van der Waals surface area contributed by atoms with Crippen molar-refractivity contribution in [3.63, 3.8) is 0 Å². The van der Waals surface area contributed by atoms with Gasteiger partial charge in [-0.1, -0.05) is 17.7 Å². The van der Waals surface area contributed by atoms with Crippen LogP contribution in [0.25, 0.3) is 6.08 Å². The number of amides is 1. The molecule has 0 unspecified atom stereocenters. The number of carbonyl (C=O) groups excluding carboxylic acids is 1. The van der Waals surface area contributed by atoms with Gasteiger partial charge < -0.3 is 14.2 Å². The van der Waals surface area contributed by atoms with E-state index in [2.05, 4.69) is 5.32 Å². The zero-order valence-electron chi connectivity index (χ0n) is 14.7. The predicted octanol–water partition coefficient (Wildman–Crippen LogP) is 3.08. The second-order valence-corrected chi connectivity index (χ2v) is 6.78. The number of furan rings is 1. The molecule has 2 heterocycles. The lowest BCUT2D eigenvalue weighted by molar-refractivity contribution is -0.384. The fourth-order valence-corrected chi connectivity index (χ4v) is 3.44. The number of anilines is 1.